The second kappa shape index (κ2) is 9.48. The number of benzene rings is 2. The van der Waals surface area contributed by atoms with E-state index in [9.17, 15) is 36.6 Å². The molecular formula is C29H30F5NO4. The molecule has 0 bridgehead atoms. The lowest BCUT2D eigenvalue weighted by Crippen LogP contribution is -2.54. The van der Waals surface area contributed by atoms with Gasteiger partial charge in [-0.15, -0.1) is 0 Å². The first-order chi connectivity index (χ1) is 18.3. The first-order valence-electron chi connectivity index (χ1n) is 13.1. The van der Waals surface area contributed by atoms with Crippen LogP contribution in [-0.4, -0.2) is 52.9 Å². The van der Waals surface area contributed by atoms with Gasteiger partial charge >= 0.3 is 12.1 Å². The van der Waals surface area contributed by atoms with Crippen LogP contribution in [0.25, 0.3) is 0 Å². The Bertz CT molecular complexity index is 1260. The Kier molecular flexibility index (Phi) is 6.66. The molecule has 3 unspecified atom stereocenters. The van der Waals surface area contributed by atoms with E-state index in [0.717, 1.165) is 17.7 Å². The van der Waals surface area contributed by atoms with E-state index in [2.05, 4.69) is 0 Å². The van der Waals surface area contributed by atoms with E-state index in [4.69, 9.17) is 4.74 Å². The minimum Gasteiger partial charge on any atom is -0.491 e. The molecule has 2 aromatic rings. The highest BCUT2D eigenvalue weighted by atomic mass is 19.4. The standard InChI is InChI=1S/C29H30F5NO4/c1-26(30,29(32,33)34)20-7-8-21-22(15-20)39-17-23-27(21,16-18-5-3-2-4-6-18)13-14-35(23)24(36)19-9-11-28(31,12-10-19)25(37)38/h2-8,15,19,23H,9-14,16-17H2,1H3,(H,37,38). The van der Waals surface area contributed by atoms with Gasteiger partial charge < -0.3 is 14.7 Å². The SMILES string of the molecule is CC(F)(c1ccc2c(c1)OCC1N(C(=O)C3CCC(F)(C(=O)O)CC3)CCC21Cc1ccccc1)C(F)(F)F. The zero-order valence-corrected chi connectivity index (χ0v) is 21.4. The van der Waals surface area contributed by atoms with Gasteiger partial charge in [-0.2, -0.15) is 13.2 Å². The molecule has 2 aliphatic heterocycles. The summed E-state index contributed by atoms with van der Waals surface area (Å²) in [6.45, 7) is 0.857. The van der Waals surface area contributed by atoms with Crippen molar-refractivity contribution in [3.63, 3.8) is 0 Å². The van der Waals surface area contributed by atoms with E-state index >= 15 is 0 Å². The van der Waals surface area contributed by atoms with E-state index in [1.165, 1.54) is 6.07 Å². The van der Waals surface area contributed by atoms with Crippen molar-refractivity contribution in [3.05, 3.63) is 65.2 Å². The minimum absolute atomic E-state index is 0.0128. The van der Waals surface area contributed by atoms with Crippen LogP contribution in [0.1, 0.15) is 55.7 Å². The van der Waals surface area contributed by atoms with Gasteiger partial charge in [0.1, 0.15) is 12.4 Å². The Labute approximate surface area is 222 Å². The molecule has 2 aromatic carbocycles. The highest BCUT2D eigenvalue weighted by Gasteiger charge is 2.57. The van der Waals surface area contributed by atoms with Gasteiger partial charge in [0, 0.05) is 29.0 Å². The molecule has 5 rings (SSSR count). The maximum Gasteiger partial charge on any atom is 0.426 e. The van der Waals surface area contributed by atoms with Crippen LogP contribution >= 0.6 is 0 Å². The summed E-state index contributed by atoms with van der Waals surface area (Å²) in [5.74, 6) is -2.06. The number of carbonyl (C=O) groups excluding carboxylic acids is 1. The molecule has 1 aliphatic carbocycles. The Morgan fingerprint density at radius 3 is 2.33 bits per heavy atom. The Balaban J connectivity index is 1.48. The number of carbonyl (C=O) groups is 2. The Morgan fingerprint density at radius 2 is 1.72 bits per heavy atom. The van der Waals surface area contributed by atoms with Crippen LogP contribution in [0.3, 0.4) is 0 Å². The van der Waals surface area contributed by atoms with Crippen LogP contribution in [0.4, 0.5) is 22.0 Å². The molecule has 1 amide bonds. The lowest BCUT2D eigenvalue weighted by molar-refractivity contribution is -0.228. The summed E-state index contributed by atoms with van der Waals surface area (Å²) >= 11 is 0. The molecule has 1 N–H and O–H groups in total. The van der Waals surface area contributed by atoms with Gasteiger partial charge in [-0.05, 0) is 57.1 Å². The monoisotopic (exact) mass is 551 g/mol. The molecule has 3 aliphatic rings. The van der Waals surface area contributed by atoms with Gasteiger partial charge in [-0.25, -0.2) is 13.6 Å². The van der Waals surface area contributed by atoms with Crippen molar-refractivity contribution in [2.45, 2.75) is 74.4 Å². The molecule has 5 nitrogen and oxygen atoms in total. The van der Waals surface area contributed by atoms with Crippen molar-refractivity contribution in [2.75, 3.05) is 13.2 Å². The average Bonchev–Trinajstić information content (AvgIpc) is 3.27. The van der Waals surface area contributed by atoms with Gasteiger partial charge in [0.05, 0.1) is 6.04 Å². The molecule has 0 spiro atoms. The van der Waals surface area contributed by atoms with E-state index in [0.29, 0.717) is 31.9 Å². The first-order valence-corrected chi connectivity index (χ1v) is 13.1. The lowest BCUT2D eigenvalue weighted by Gasteiger charge is -2.44. The molecule has 10 heteroatoms. The van der Waals surface area contributed by atoms with Crippen LogP contribution in [0.2, 0.25) is 0 Å². The number of hydrogen-bond acceptors (Lipinski definition) is 3. The number of nitrogens with zero attached hydrogens (tertiary/aromatic N) is 1. The highest BCUT2D eigenvalue weighted by Crippen LogP contribution is 2.52. The second-order valence-electron chi connectivity index (χ2n) is 11.2. The van der Waals surface area contributed by atoms with Crippen molar-refractivity contribution < 1.29 is 41.4 Å². The predicted octanol–water partition coefficient (Wildman–Crippen LogP) is 5.89. The van der Waals surface area contributed by atoms with E-state index in [1.54, 1.807) is 4.90 Å². The fraction of sp³-hybridized carbons (Fsp3) is 0.517. The Hall–Kier alpha value is -3.17. The summed E-state index contributed by atoms with van der Waals surface area (Å²) < 4.78 is 75.6. The topological polar surface area (TPSA) is 66.8 Å². The number of ether oxygens (including phenoxy) is 1. The van der Waals surface area contributed by atoms with Gasteiger partial charge in [-0.1, -0.05) is 42.5 Å². The molecule has 2 fully saturated rings. The van der Waals surface area contributed by atoms with Crippen LogP contribution in [0.5, 0.6) is 5.75 Å². The molecule has 0 radical (unpaired) electrons. The maximum absolute atomic E-state index is 14.8. The third kappa shape index (κ3) is 4.55. The van der Waals surface area contributed by atoms with Crippen LogP contribution in [0, 0.1) is 5.92 Å². The largest absolute Gasteiger partial charge is 0.491 e. The first kappa shape index (κ1) is 27.4. The number of halogens is 5. The van der Waals surface area contributed by atoms with E-state index < -0.39 is 46.4 Å². The minimum atomic E-state index is -5.10. The predicted molar refractivity (Wildman–Crippen MR) is 132 cm³/mol. The maximum atomic E-state index is 14.8. The lowest BCUT2D eigenvalue weighted by atomic mass is 9.68. The van der Waals surface area contributed by atoms with Crippen molar-refractivity contribution in [3.8, 4) is 5.75 Å². The van der Waals surface area contributed by atoms with Gasteiger partial charge in [0.15, 0.2) is 0 Å². The summed E-state index contributed by atoms with van der Waals surface area (Å²) in [7, 11) is 0. The van der Waals surface area contributed by atoms with Gasteiger partial charge in [0.25, 0.3) is 0 Å². The number of alkyl halides is 5. The number of hydrogen-bond donors (Lipinski definition) is 1. The normalized spacial score (nSPS) is 30.1. The number of rotatable bonds is 5. The second-order valence-corrected chi connectivity index (χ2v) is 11.2. The zero-order valence-electron chi connectivity index (χ0n) is 21.4. The third-order valence-electron chi connectivity index (χ3n) is 8.96. The van der Waals surface area contributed by atoms with Crippen molar-refractivity contribution in [1.29, 1.82) is 0 Å². The summed E-state index contributed by atoms with van der Waals surface area (Å²) in [5.41, 5.74) is -5.53. The number of amides is 1. The zero-order chi connectivity index (χ0) is 28.2. The van der Waals surface area contributed by atoms with Gasteiger partial charge in [-0.3, -0.25) is 4.79 Å². The number of fused-ring (bicyclic) bond motifs is 3. The molecule has 210 valence electrons. The fourth-order valence-electron chi connectivity index (χ4n) is 6.48. The number of carboxylic acids is 1. The molecular weight excluding hydrogens is 521 g/mol. The van der Waals surface area contributed by atoms with E-state index in [-0.39, 0.29) is 43.9 Å². The third-order valence-corrected chi connectivity index (χ3v) is 8.96. The van der Waals surface area contributed by atoms with Gasteiger partial charge in [0.2, 0.25) is 17.2 Å². The van der Waals surface area contributed by atoms with Crippen molar-refractivity contribution >= 4 is 11.9 Å². The smallest absolute Gasteiger partial charge is 0.426 e. The van der Waals surface area contributed by atoms with Crippen LogP contribution in [0.15, 0.2) is 48.5 Å². The molecule has 3 atom stereocenters. The Morgan fingerprint density at radius 1 is 1.05 bits per heavy atom. The summed E-state index contributed by atoms with van der Waals surface area (Å²) in [5, 5.41) is 9.20. The summed E-state index contributed by atoms with van der Waals surface area (Å²) in [6.07, 6.45) is -4.36. The molecule has 2 heterocycles. The highest BCUT2D eigenvalue weighted by molar-refractivity contribution is 5.82. The molecule has 1 saturated carbocycles. The van der Waals surface area contributed by atoms with E-state index in [1.807, 2.05) is 30.3 Å². The fourth-order valence-corrected chi connectivity index (χ4v) is 6.48. The molecule has 0 aromatic heterocycles. The van der Waals surface area contributed by atoms with Crippen LogP contribution < -0.4 is 4.74 Å². The van der Waals surface area contributed by atoms with Crippen LogP contribution in [-0.2, 0) is 27.1 Å². The average molecular weight is 552 g/mol. The summed E-state index contributed by atoms with van der Waals surface area (Å²) in [4.78, 5) is 26.7. The summed E-state index contributed by atoms with van der Waals surface area (Å²) in [6, 6.07) is 12.8. The van der Waals surface area contributed by atoms with Crippen molar-refractivity contribution in [1.82, 2.24) is 4.90 Å². The number of carboxylic acid groups (broad SMARTS) is 1. The number of likely N-dealkylation sites (tertiary alicyclic amines) is 1. The number of aliphatic carboxylic acids is 1. The van der Waals surface area contributed by atoms with Crippen molar-refractivity contribution in [2.24, 2.45) is 5.92 Å². The quantitative estimate of drug-likeness (QED) is 0.471. The molecule has 39 heavy (non-hydrogen) atoms. The molecule has 1 saturated heterocycles.